The van der Waals surface area contributed by atoms with Gasteiger partial charge in [-0.2, -0.15) is 0 Å². The highest BCUT2D eigenvalue weighted by molar-refractivity contribution is 5.69. The summed E-state index contributed by atoms with van der Waals surface area (Å²) in [4.78, 5) is 13.9. The average molecular weight is 256 g/mol. The van der Waals surface area contributed by atoms with Gasteiger partial charge in [-0.15, -0.1) is 0 Å². The molecule has 2 aliphatic heterocycles. The minimum Gasteiger partial charge on any atom is -0.444 e. The summed E-state index contributed by atoms with van der Waals surface area (Å²) < 4.78 is 10.6. The minimum atomic E-state index is -0.417. The summed E-state index contributed by atoms with van der Waals surface area (Å²) in [5, 5.41) is 3.43. The van der Waals surface area contributed by atoms with Crippen molar-refractivity contribution in [3.05, 3.63) is 0 Å². The Hall–Kier alpha value is -0.810. The Morgan fingerprint density at radius 3 is 2.72 bits per heavy atom. The second kappa shape index (κ2) is 5.45. The Labute approximate surface area is 109 Å². The van der Waals surface area contributed by atoms with E-state index < -0.39 is 5.60 Å². The van der Waals surface area contributed by atoms with Crippen molar-refractivity contribution in [3.8, 4) is 0 Å². The lowest BCUT2D eigenvalue weighted by molar-refractivity contribution is -0.00882. The van der Waals surface area contributed by atoms with Crippen LogP contribution in [-0.4, -0.2) is 55.0 Å². The molecule has 104 valence electrons. The van der Waals surface area contributed by atoms with Gasteiger partial charge < -0.3 is 19.7 Å². The van der Waals surface area contributed by atoms with E-state index in [1.54, 1.807) is 0 Å². The van der Waals surface area contributed by atoms with Crippen molar-refractivity contribution in [2.24, 2.45) is 0 Å². The first-order chi connectivity index (χ1) is 8.46. The SMILES string of the molecule is CC(C)(C)OC(=O)N1CCCC1CNC1COC1. The fourth-order valence-corrected chi connectivity index (χ4v) is 2.27. The van der Waals surface area contributed by atoms with E-state index in [1.165, 1.54) is 0 Å². The lowest BCUT2D eigenvalue weighted by atomic mass is 10.2. The van der Waals surface area contributed by atoms with Crippen LogP contribution < -0.4 is 5.32 Å². The molecule has 2 fully saturated rings. The van der Waals surface area contributed by atoms with Crippen molar-refractivity contribution in [3.63, 3.8) is 0 Å². The second-order valence-electron chi connectivity index (χ2n) is 6.11. The van der Waals surface area contributed by atoms with Crippen molar-refractivity contribution < 1.29 is 14.3 Å². The molecule has 2 rings (SSSR count). The number of ether oxygens (including phenoxy) is 2. The van der Waals surface area contributed by atoms with E-state index in [4.69, 9.17) is 9.47 Å². The number of likely N-dealkylation sites (tertiary alicyclic amines) is 1. The number of hydrogen-bond acceptors (Lipinski definition) is 4. The molecule has 2 aliphatic rings. The molecule has 5 nitrogen and oxygen atoms in total. The van der Waals surface area contributed by atoms with Gasteiger partial charge in [-0.1, -0.05) is 0 Å². The van der Waals surface area contributed by atoms with E-state index in [9.17, 15) is 4.79 Å². The van der Waals surface area contributed by atoms with Gasteiger partial charge in [0.15, 0.2) is 0 Å². The molecule has 0 aromatic rings. The Bertz CT molecular complexity index is 297. The third kappa shape index (κ3) is 3.59. The Balaban J connectivity index is 1.80. The number of nitrogens with one attached hydrogen (secondary N) is 1. The highest BCUT2D eigenvalue weighted by Crippen LogP contribution is 2.20. The van der Waals surface area contributed by atoms with E-state index in [2.05, 4.69) is 5.32 Å². The molecule has 0 aliphatic carbocycles. The molecule has 0 radical (unpaired) electrons. The van der Waals surface area contributed by atoms with Crippen LogP contribution in [0, 0.1) is 0 Å². The van der Waals surface area contributed by atoms with Crippen LogP contribution in [0.25, 0.3) is 0 Å². The average Bonchev–Trinajstić information content (AvgIpc) is 2.60. The topological polar surface area (TPSA) is 50.8 Å². The van der Waals surface area contributed by atoms with Crippen LogP contribution in [0.3, 0.4) is 0 Å². The van der Waals surface area contributed by atoms with Crippen LogP contribution in [0.15, 0.2) is 0 Å². The maximum atomic E-state index is 12.1. The van der Waals surface area contributed by atoms with Gasteiger partial charge in [0, 0.05) is 19.1 Å². The highest BCUT2D eigenvalue weighted by Gasteiger charge is 2.32. The Kier molecular flexibility index (Phi) is 4.12. The zero-order valence-corrected chi connectivity index (χ0v) is 11.6. The maximum absolute atomic E-state index is 12.1. The van der Waals surface area contributed by atoms with Crippen molar-refractivity contribution in [1.82, 2.24) is 10.2 Å². The number of amides is 1. The highest BCUT2D eigenvalue weighted by atomic mass is 16.6. The first-order valence-electron chi connectivity index (χ1n) is 6.76. The third-order valence-corrected chi connectivity index (χ3v) is 3.29. The van der Waals surface area contributed by atoms with Crippen LogP contribution in [0.2, 0.25) is 0 Å². The summed E-state index contributed by atoms with van der Waals surface area (Å²) in [6.07, 6.45) is 1.93. The quantitative estimate of drug-likeness (QED) is 0.828. The van der Waals surface area contributed by atoms with Crippen molar-refractivity contribution in [2.45, 2.75) is 51.3 Å². The summed E-state index contributed by atoms with van der Waals surface area (Å²) in [6, 6.07) is 0.728. The molecule has 0 spiro atoms. The first-order valence-corrected chi connectivity index (χ1v) is 6.76. The fraction of sp³-hybridized carbons (Fsp3) is 0.923. The predicted molar refractivity (Wildman–Crippen MR) is 68.6 cm³/mol. The number of hydrogen-bond donors (Lipinski definition) is 1. The summed E-state index contributed by atoms with van der Waals surface area (Å²) >= 11 is 0. The van der Waals surface area contributed by atoms with Crippen molar-refractivity contribution in [1.29, 1.82) is 0 Å². The molecule has 1 N–H and O–H groups in total. The van der Waals surface area contributed by atoms with Crippen LogP contribution >= 0.6 is 0 Å². The van der Waals surface area contributed by atoms with E-state index in [0.29, 0.717) is 6.04 Å². The van der Waals surface area contributed by atoms with Gasteiger partial charge in [0.1, 0.15) is 5.60 Å². The van der Waals surface area contributed by atoms with Gasteiger partial charge in [-0.25, -0.2) is 4.79 Å². The maximum Gasteiger partial charge on any atom is 0.410 e. The second-order valence-corrected chi connectivity index (χ2v) is 6.11. The zero-order chi connectivity index (χ0) is 13.2. The van der Waals surface area contributed by atoms with Gasteiger partial charge in [0.05, 0.1) is 19.3 Å². The number of carbonyl (C=O) groups excluding carboxylic acids is 1. The largest absolute Gasteiger partial charge is 0.444 e. The summed E-state index contributed by atoms with van der Waals surface area (Å²) in [6.45, 7) is 8.94. The van der Waals surface area contributed by atoms with Crippen LogP contribution in [0.1, 0.15) is 33.6 Å². The van der Waals surface area contributed by atoms with Crippen molar-refractivity contribution in [2.75, 3.05) is 26.3 Å². The molecular weight excluding hydrogens is 232 g/mol. The van der Waals surface area contributed by atoms with E-state index >= 15 is 0 Å². The fourth-order valence-electron chi connectivity index (χ4n) is 2.27. The van der Waals surface area contributed by atoms with E-state index in [-0.39, 0.29) is 12.1 Å². The zero-order valence-electron chi connectivity index (χ0n) is 11.6. The monoisotopic (exact) mass is 256 g/mol. The molecule has 0 aromatic carbocycles. The molecular formula is C13H24N2O3. The smallest absolute Gasteiger partial charge is 0.410 e. The molecule has 2 saturated heterocycles. The summed E-state index contributed by atoms with van der Waals surface area (Å²) in [5.74, 6) is 0. The number of nitrogens with zero attached hydrogens (tertiary/aromatic N) is 1. The van der Waals surface area contributed by atoms with Gasteiger partial charge in [0.25, 0.3) is 0 Å². The molecule has 2 heterocycles. The van der Waals surface area contributed by atoms with Crippen LogP contribution in [-0.2, 0) is 9.47 Å². The minimum absolute atomic E-state index is 0.184. The number of carbonyl (C=O) groups is 1. The first kappa shape index (κ1) is 13.6. The lowest BCUT2D eigenvalue weighted by Gasteiger charge is -2.32. The van der Waals surface area contributed by atoms with Crippen LogP contribution in [0.4, 0.5) is 4.79 Å². The molecule has 1 unspecified atom stereocenters. The molecule has 0 saturated carbocycles. The molecule has 1 amide bonds. The molecule has 5 heteroatoms. The molecule has 1 atom stereocenters. The van der Waals surface area contributed by atoms with E-state index in [1.807, 2.05) is 25.7 Å². The normalized spacial score (nSPS) is 25.1. The molecule has 0 aromatic heterocycles. The Morgan fingerprint density at radius 1 is 1.44 bits per heavy atom. The Morgan fingerprint density at radius 2 is 2.17 bits per heavy atom. The van der Waals surface area contributed by atoms with Gasteiger partial charge >= 0.3 is 6.09 Å². The molecule has 18 heavy (non-hydrogen) atoms. The van der Waals surface area contributed by atoms with Gasteiger partial charge in [0.2, 0.25) is 0 Å². The summed E-state index contributed by atoms with van der Waals surface area (Å²) in [5.41, 5.74) is -0.417. The van der Waals surface area contributed by atoms with E-state index in [0.717, 1.165) is 39.1 Å². The van der Waals surface area contributed by atoms with Gasteiger partial charge in [-0.3, -0.25) is 0 Å². The van der Waals surface area contributed by atoms with Gasteiger partial charge in [-0.05, 0) is 33.6 Å². The van der Waals surface area contributed by atoms with Crippen molar-refractivity contribution >= 4 is 6.09 Å². The lowest BCUT2D eigenvalue weighted by Crippen LogP contribution is -2.51. The number of rotatable bonds is 3. The summed E-state index contributed by atoms with van der Waals surface area (Å²) in [7, 11) is 0. The predicted octanol–water partition coefficient (Wildman–Crippen LogP) is 1.37. The third-order valence-electron chi connectivity index (χ3n) is 3.29. The van der Waals surface area contributed by atoms with Crippen LogP contribution in [0.5, 0.6) is 0 Å². The molecule has 0 bridgehead atoms. The standard InChI is InChI=1S/C13H24N2O3/c1-13(2,3)18-12(16)15-6-4-5-11(15)7-14-10-8-17-9-10/h10-11,14H,4-9H2,1-3H3.